The van der Waals surface area contributed by atoms with Gasteiger partial charge < -0.3 is 9.67 Å². The van der Waals surface area contributed by atoms with E-state index in [2.05, 4.69) is 9.97 Å². The van der Waals surface area contributed by atoms with Crippen molar-refractivity contribution in [1.29, 1.82) is 0 Å². The Morgan fingerprint density at radius 1 is 1.47 bits per heavy atom. The molecule has 0 fully saturated rings. The van der Waals surface area contributed by atoms with E-state index in [1.807, 2.05) is 0 Å². The molecule has 88 valence electrons. The largest absolute Gasteiger partial charge is 0.479 e. The lowest BCUT2D eigenvalue weighted by Crippen LogP contribution is -2.40. The first kappa shape index (κ1) is 11.3. The summed E-state index contributed by atoms with van der Waals surface area (Å²) >= 11 is 0. The van der Waals surface area contributed by atoms with Gasteiger partial charge in [-0.1, -0.05) is 6.07 Å². The molecule has 1 atom stereocenters. The monoisotopic (exact) mass is 231 g/mol. The van der Waals surface area contributed by atoms with Crippen LogP contribution in [-0.4, -0.2) is 25.6 Å². The fraction of sp³-hybridized carbons (Fsp3) is 0.250. The maximum Gasteiger partial charge on any atom is 0.334 e. The van der Waals surface area contributed by atoms with Crippen molar-refractivity contribution in [1.82, 2.24) is 14.5 Å². The number of nitrogens with zero attached hydrogens (tertiary/aromatic N) is 3. The summed E-state index contributed by atoms with van der Waals surface area (Å²) in [5.74, 6) is -0.287. The molecule has 2 heterocycles. The molecule has 0 aromatic carbocycles. The highest BCUT2D eigenvalue weighted by Gasteiger charge is 2.38. The molecule has 5 heteroatoms. The van der Waals surface area contributed by atoms with Crippen LogP contribution in [0.3, 0.4) is 0 Å². The van der Waals surface area contributed by atoms with E-state index >= 15 is 0 Å². The van der Waals surface area contributed by atoms with E-state index in [0.29, 0.717) is 11.4 Å². The maximum absolute atomic E-state index is 11.6. The number of rotatable bonds is 3. The normalized spacial score (nSPS) is 14.2. The van der Waals surface area contributed by atoms with Crippen molar-refractivity contribution in [3.8, 4) is 0 Å². The van der Waals surface area contributed by atoms with Gasteiger partial charge in [-0.05, 0) is 19.9 Å². The van der Waals surface area contributed by atoms with Crippen LogP contribution in [0.5, 0.6) is 0 Å². The Labute approximate surface area is 98.8 Å². The van der Waals surface area contributed by atoms with Crippen LogP contribution in [0.4, 0.5) is 0 Å². The van der Waals surface area contributed by atoms with Gasteiger partial charge in [0.2, 0.25) is 0 Å². The average Bonchev–Trinajstić information content (AvgIpc) is 2.76. The smallest absolute Gasteiger partial charge is 0.334 e. The van der Waals surface area contributed by atoms with Gasteiger partial charge in [0.15, 0.2) is 5.54 Å². The summed E-state index contributed by atoms with van der Waals surface area (Å²) in [5, 5.41) is 9.51. The van der Waals surface area contributed by atoms with Gasteiger partial charge in [-0.25, -0.2) is 9.78 Å². The molecule has 0 saturated carbocycles. The van der Waals surface area contributed by atoms with Gasteiger partial charge in [0.25, 0.3) is 0 Å². The Balaban J connectivity index is 2.63. The second-order valence-electron chi connectivity index (χ2n) is 3.96. The Morgan fingerprint density at radius 3 is 2.71 bits per heavy atom. The van der Waals surface area contributed by atoms with Gasteiger partial charge in [-0.3, -0.25) is 4.98 Å². The van der Waals surface area contributed by atoms with Crippen molar-refractivity contribution in [3.63, 3.8) is 0 Å². The minimum atomic E-state index is -1.19. The van der Waals surface area contributed by atoms with Gasteiger partial charge in [0, 0.05) is 30.4 Å². The van der Waals surface area contributed by atoms with Crippen LogP contribution in [0.25, 0.3) is 0 Å². The lowest BCUT2D eigenvalue weighted by atomic mass is 9.93. The van der Waals surface area contributed by atoms with Gasteiger partial charge in [-0.2, -0.15) is 0 Å². The van der Waals surface area contributed by atoms with Crippen LogP contribution in [-0.2, 0) is 10.3 Å². The van der Waals surface area contributed by atoms with Crippen molar-refractivity contribution in [3.05, 3.63) is 48.3 Å². The fourth-order valence-corrected chi connectivity index (χ4v) is 1.87. The predicted molar refractivity (Wildman–Crippen MR) is 61.6 cm³/mol. The van der Waals surface area contributed by atoms with E-state index in [1.165, 1.54) is 0 Å². The molecule has 0 aliphatic heterocycles. The SMILES string of the molecule is Cc1nccn1C(C)(C(=O)O)c1cccnc1. The summed E-state index contributed by atoms with van der Waals surface area (Å²) in [7, 11) is 0. The van der Waals surface area contributed by atoms with Crippen LogP contribution < -0.4 is 0 Å². The molecule has 0 bridgehead atoms. The third-order valence-electron chi connectivity index (χ3n) is 2.95. The number of hydrogen-bond donors (Lipinski definition) is 1. The summed E-state index contributed by atoms with van der Waals surface area (Å²) in [6.07, 6.45) is 6.43. The number of aliphatic carboxylic acids is 1. The van der Waals surface area contributed by atoms with Crippen LogP contribution in [0.15, 0.2) is 36.9 Å². The zero-order valence-corrected chi connectivity index (χ0v) is 9.66. The molecule has 0 amide bonds. The summed E-state index contributed by atoms with van der Waals surface area (Å²) in [6, 6.07) is 3.48. The predicted octanol–water partition coefficient (Wildman–Crippen LogP) is 1.43. The Hall–Kier alpha value is -2.17. The number of carboxylic acid groups (broad SMARTS) is 1. The molecule has 1 unspecified atom stereocenters. The quantitative estimate of drug-likeness (QED) is 0.867. The number of hydrogen-bond acceptors (Lipinski definition) is 3. The molecule has 2 aromatic rings. The molecule has 1 N–H and O–H groups in total. The van der Waals surface area contributed by atoms with E-state index in [0.717, 1.165) is 0 Å². The molecule has 17 heavy (non-hydrogen) atoms. The van der Waals surface area contributed by atoms with E-state index in [1.54, 1.807) is 55.3 Å². The van der Waals surface area contributed by atoms with Crippen LogP contribution in [0.1, 0.15) is 18.3 Å². The zero-order valence-electron chi connectivity index (χ0n) is 9.66. The average molecular weight is 231 g/mol. The molecule has 0 saturated heterocycles. The Morgan fingerprint density at radius 2 is 2.24 bits per heavy atom. The zero-order chi connectivity index (χ0) is 12.5. The Kier molecular flexibility index (Phi) is 2.67. The highest BCUT2D eigenvalue weighted by atomic mass is 16.4. The molecular weight excluding hydrogens is 218 g/mol. The highest BCUT2D eigenvalue weighted by molar-refractivity contribution is 5.80. The molecule has 0 aliphatic carbocycles. The summed E-state index contributed by atoms with van der Waals surface area (Å²) in [6.45, 7) is 3.42. The van der Waals surface area contributed by atoms with E-state index < -0.39 is 11.5 Å². The number of imidazole rings is 1. The minimum Gasteiger partial charge on any atom is -0.479 e. The van der Waals surface area contributed by atoms with Gasteiger partial charge in [0.1, 0.15) is 5.82 Å². The van der Waals surface area contributed by atoms with Crippen LogP contribution >= 0.6 is 0 Å². The van der Waals surface area contributed by atoms with Crippen molar-refractivity contribution in [2.24, 2.45) is 0 Å². The molecule has 0 radical (unpaired) electrons. The lowest BCUT2D eigenvalue weighted by molar-refractivity contribution is -0.144. The molecule has 0 aliphatic rings. The van der Waals surface area contributed by atoms with Crippen molar-refractivity contribution >= 4 is 5.97 Å². The fourth-order valence-electron chi connectivity index (χ4n) is 1.87. The highest BCUT2D eigenvalue weighted by Crippen LogP contribution is 2.26. The van der Waals surface area contributed by atoms with E-state index in [9.17, 15) is 9.90 Å². The second-order valence-corrected chi connectivity index (χ2v) is 3.96. The number of aromatic nitrogens is 3. The lowest BCUT2D eigenvalue weighted by Gasteiger charge is -2.27. The number of carboxylic acids is 1. The third kappa shape index (κ3) is 1.69. The van der Waals surface area contributed by atoms with Crippen LogP contribution in [0.2, 0.25) is 0 Å². The van der Waals surface area contributed by atoms with Crippen molar-refractivity contribution in [2.75, 3.05) is 0 Å². The van der Waals surface area contributed by atoms with Gasteiger partial charge in [0.05, 0.1) is 0 Å². The number of aryl methyl sites for hydroxylation is 1. The molecule has 0 spiro atoms. The molecule has 2 rings (SSSR count). The second kappa shape index (κ2) is 4.01. The van der Waals surface area contributed by atoms with E-state index in [-0.39, 0.29) is 0 Å². The Bertz CT molecular complexity index is 536. The van der Waals surface area contributed by atoms with Gasteiger partial charge in [-0.15, -0.1) is 0 Å². The maximum atomic E-state index is 11.6. The summed E-state index contributed by atoms with van der Waals surface area (Å²) < 4.78 is 1.63. The summed E-state index contributed by atoms with van der Waals surface area (Å²) in [4.78, 5) is 19.6. The first-order valence-electron chi connectivity index (χ1n) is 5.21. The standard InChI is InChI=1S/C12H13N3O2/c1-9-14-6-7-15(9)12(2,11(16)17)10-4-3-5-13-8-10/h3-8H,1-2H3,(H,16,17). The number of pyridine rings is 1. The minimum absolute atomic E-state index is 0.619. The third-order valence-corrected chi connectivity index (χ3v) is 2.95. The first-order valence-corrected chi connectivity index (χ1v) is 5.21. The number of carbonyl (C=O) groups is 1. The van der Waals surface area contributed by atoms with E-state index in [4.69, 9.17) is 0 Å². The first-order chi connectivity index (χ1) is 8.06. The molecule has 5 nitrogen and oxygen atoms in total. The topological polar surface area (TPSA) is 68.0 Å². The van der Waals surface area contributed by atoms with Gasteiger partial charge >= 0.3 is 5.97 Å². The summed E-state index contributed by atoms with van der Waals surface area (Å²) in [5.41, 5.74) is -0.567. The van der Waals surface area contributed by atoms with Crippen molar-refractivity contribution < 1.29 is 9.90 Å². The molecular formula is C12H13N3O2. The molecule has 2 aromatic heterocycles. The van der Waals surface area contributed by atoms with Crippen molar-refractivity contribution in [2.45, 2.75) is 19.4 Å². The van der Waals surface area contributed by atoms with Crippen LogP contribution in [0, 0.1) is 6.92 Å².